The standard InChI is InChI=1S/C19H23N3O6/c1-10(22-15(24)12-8-6-7-9-13(12)16(22)25)17(26)28-11(2)14(23)20-18(27)21-19(3,4)5/h6-11H,1-5H3,(H2,20,21,23,27)/t10-,11+/m1/s1. The number of rotatable bonds is 4. The monoisotopic (exact) mass is 389 g/mol. The second-order valence-electron chi connectivity index (χ2n) is 7.47. The summed E-state index contributed by atoms with van der Waals surface area (Å²) in [6.07, 6.45) is -1.30. The van der Waals surface area contributed by atoms with Gasteiger partial charge in [-0.2, -0.15) is 0 Å². The van der Waals surface area contributed by atoms with Gasteiger partial charge in [0.15, 0.2) is 6.10 Å². The summed E-state index contributed by atoms with van der Waals surface area (Å²) in [7, 11) is 0. The molecule has 0 fully saturated rings. The molecule has 1 aliphatic rings. The van der Waals surface area contributed by atoms with Crippen molar-refractivity contribution in [1.82, 2.24) is 15.5 Å². The zero-order valence-corrected chi connectivity index (χ0v) is 16.4. The van der Waals surface area contributed by atoms with E-state index in [9.17, 15) is 24.0 Å². The van der Waals surface area contributed by atoms with Crippen LogP contribution in [0.5, 0.6) is 0 Å². The number of carbonyl (C=O) groups is 5. The van der Waals surface area contributed by atoms with Crippen molar-refractivity contribution in [3.05, 3.63) is 35.4 Å². The molecule has 0 bridgehead atoms. The highest BCUT2D eigenvalue weighted by atomic mass is 16.5. The summed E-state index contributed by atoms with van der Waals surface area (Å²) in [6.45, 7) is 7.84. The molecule has 0 saturated carbocycles. The Morgan fingerprint density at radius 2 is 1.50 bits per heavy atom. The minimum Gasteiger partial charge on any atom is -0.451 e. The molecular formula is C19H23N3O6. The number of nitrogens with zero attached hydrogens (tertiary/aromatic N) is 1. The smallest absolute Gasteiger partial charge is 0.329 e. The Kier molecular flexibility index (Phi) is 5.86. The fourth-order valence-electron chi connectivity index (χ4n) is 2.58. The Labute approximate surface area is 162 Å². The van der Waals surface area contributed by atoms with Crippen LogP contribution in [-0.2, 0) is 14.3 Å². The van der Waals surface area contributed by atoms with Crippen LogP contribution in [0.4, 0.5) is 4.79 Å². The van der Waals surface area contributed by atoms with Gasteiger partial charge in [-0.15, -0.1) is 0 Å². The molecule has 0 spiro atoms. The number of nitrogens with one attached hydrogen (secondary N) is 2. The summed E-state index contributed by atoms with van der Waals surface area (Å²) in [5, 5.41) is 4.61. The highest BCUT2D eigenvalue weighted by molar-refractivity contribution is 6.22. The van der Waals surface area contributed by atoms with Gasteiger partial charge in [0.2, 0.25) is 0 Å². The molecule has 1 aromatic carbocycles. The molecule has 1 aliphatic heterocycles. The van der Waals surface area contributed by atoms with Crippen LogP contribution in [0.2, 0.25) is 0 Å². The van der Waals surface area contributed by atoms with Crippen molar-refractivity contribution in [2.75, 3.05) is 0 Å². The lowest BCUT2D eigenvalue weighted by molar-refractivity contribution is -0.157. The molecule has 0 saturated heterocycles. The second-order valence-corrected chi connectivity index (χ2v) is 7.47. The lowest BCUT2D eigenvalue weighted by Crippen LogP contribution is -2.51. The molecule has 5 amide bonds. The highest BCUT2D eigenvalue weighted by Gasteiger charge is 2.41. The van der Waals surface area contributed by atoms with Crippen molar-refractivity contribution in [2.45, 2.75) is 52.3 Å². The predicted molar refractivity (Wildman–Crippen MR) is 98.4 cm³/mol. The lowest BCUT2D eigenvalue weighted by atomic mass is 10.1. The first kappa shape index (κ1) is 21.1. The van der Waals surface area contributed by atoms with Crippen LogP contribution in [0.15, 0.2) is 24.3 Å². The van der Waals surface area contributed by atoms with Crippen LogP contribution >= 0.6 is 0 Å². The van der Waals surface area contributed by atoms with E-state index in [0.717, 1.165) is 4.90 Å². The first-order chi connectivity index (χ1) is 12.9. The predicted octanol–water partition coefficient (Wildman–Crippen LogP) is 1.23. The van der Waals surface area contributed by atoms with Crippen LogP contribution in [0.25, 0.3) is 0 Å². The van der Waals surface area contributed by atoms with Gasteiger partial charge < -0.3 is 10.1 Å². The van der Waals surface area contributed by atoms with Crippen LogP contribution in [0, 0.1) is 0 Å². The summed E-state index contributed by atoms with van der Waals surface area (Å²) < 4.78 is 5.04. The van der Waals surface area contributed by atoms with Crippen LogP contribution in [0.3, 0.4) is 0 Å². The van der Waals surface area contributed by atoms with E-state index >= 15 is 0 Å². The summed E-state index contributed by atoms with van der Waals surface area (Å²) in [6, 6.07) is 4.27. The zero-order chi connectivity index (χ0) is 21.2. The first-order valence-electron chi connectivity index (χ1n) is 8.73. The van der Waals surface area contributed by atoms with Gasteiger partial charge in [-0.05, 0) is 46.8 Å². The van der Waals surface area contributed by atoms with E-state index in [1.165, 1.54) is 26.0 Å². The normalized spacial score (nSPS) is 15.5. The van der Waals surface area contributed by atoms with E-state index in [-0.39, 0.29) is 11.1 Å². The van der Waals surface area contributed by atoms with Crippen molar-refractivity contribution >= 4 is 29.7 Å². The Balaban J connectivity index is 1.99. The first-order valence-corrected chi connectivity index (χ1v) is 8.73. The van der Waals surface area contributed by atoms with E-state index < -0.39 is 47.4 Å². The Morgan fingerprint density at radius 3 is 1.96 bits per heavy atom. The number of benzene rings is 1. The minimum absolute atomic E-state index is 0.205. The van der Waals surface area contributed by atoms with Gasteiger partial charge in [0.25, 0.3) is 17.7 Å². The van der Waals surface area contributed by atoms with Gasteiger partial charge in [-0.1, -0.05) is 12.1 Å². The van der Waals surface area contributed by atoms with Gasteiger partial charge in [0.05, 0.1) is 11.1 Å². The zero-order valence-electron chi connectivity index (χ0n) is 16.4. The number of urea groups is 1. The Bertz CT molecular complexity index is 807. The number of esters is 1. The van der Waals surface area contributed by atoms with Crippen molar-refractivity contribution < 1.29 is 28.7 Å². The Hall–Kier alpha value is -3.23. The number of imide groups is 2. The molecule has 1 aromatic rings. The molecule has 0 aromatic heterocycles. The number of hydrogen-bond donors (Lipinski definition) is 2. The van der Waals surface area contributed by atoms with E-state index in [0.29, 0.717) is 0 Å². The average Bonchev–Trinajstić information content (AvgIpc) is 2.83. The van der Waals surface area contributed by atoms with Gasteiger partial charge in [-0.3, -0.25) is 24.6 Å². The minimum atomic E-state index is -1.30. The molecule has 0 aliphatic carbocycles. The van der Waals surface area contributed by atoms with E-state index in [2.05, 4.69) is 10.6 Å². The van der Waals surface area contributed by atoms with E-state index in [1.54, 1.807) is 32.9 Å². The van der Waals surface area contributed by atoms with Crippen LogP contribution in [-0.4, -0.2) is 52.3 Å². The summed E-state index contributed by atoms with van der Waals surface area (Å²) in [5.41, 5.74) is -0.141. The number of hydrogen-bond acceptors (Lipinski definition) is 6. The molecule has 1 heterocycles. The maximum Gasteiger partial charge on any atom is 0.329 e. The molecular weight excluding hydrogens is 366 g/mol. The van der Waals surface area contributed by atoms with Crippen molar-refractivity contribution in [3.8, 4) is 0 Å². The number of carbonyl (C=O) groups excluding carboxylic acids is 5. The number of ether oxygens (including phenoxy) is 1. The van der Waals surface area contributed by atoms with E-state index in [1.807, 2.05) is 0 Å². The largest absolute Gasteiger partial charge is 0.451 e. The molecule has 9 heteroatoms. The molecule has 2 N–H and O–H groups in total. The lowest BCUT2D eigenvalue weighted by Gasteiger charge is -2.23. The number of fused-ring (bicyclic) bond motifs is 1. The van der Waals surface area contributed by atoms with Gasteiger partial charge in [0, 0.05) is 5.54 Å². The topological polar surface area (TPSA) is 122 Å². The van der Waals surface area contributed by atoms with Gasteiger partial charge >= 0.3 is 12.0 Å². The van der Waals surface area contributed by atoms with Crippen molar-refractivity contribution in [3.63, 3.8) is 0 Å². The SMILES string of the molecule is C[C@H](OC(=O)[C@@H](C)N1C(=O)c2ccccc2C1=O)C(=O)NC(=O)NC(C)(C)C. The fourth-order valence-corrected chi connectivity index (χ4v) is 2.58. The van der Waals surface area contributed by atoms with Crippen LogP contribution < -0.4 is 10.6 Å². The second kappa shape index (κ2) is 7.79. The third kappa shape index (κ3) is 4.54. The third-order valence-corrected chi connectivity index (χ3v) is 3.94. The van der Waals surface area contributed by atoms with Crippen molar-refractivity contribution in [1.29, 1.82) is 0 Å². The molecule has 28 heavy (non-hydrogen) atoms. The van der Waals surface area contributed by atoms with Crippen LogP contribution in [0.1, 0.15) is 55.3 Å². The maximum atomic E-state index is 12.4. The number of amides is 5. The molecule has 2 rings (SSSR count). The van der Waals surface area contributed by atoms with Gasteiger partial charge in [-0.25, -0.2) is 9.59 Å². The summed E-state index contributed by atoms with van der Waals surface area (Å²) in [5.74, 6) is -2.98. The summed E-state index contributed by atoms with van der Waals surface area (Å²) in [4.78, 5) is 61.7. The van der Waals surface area contributed by atoms with E-state index in [4.69, 9.17) is 4.74 Å². The molecule has 2 atom stereocenters. The highest BCUT2D eigenvalue weighted by Crippen LogP contribution is 2.24. The maximum absolute atomic E-state index is 12.4. The fraction of sp³-hybridized carbons (Fsp3) is 0.421. The molecule has 0 unspecified atom stereocenters. The third-order valence-electron chi connectivity index (χ3n) is 3.94. The molecule has 9 nitrogen and oxygen atoms in total. The molecule has 150 valence electrons. The quantitative estimate of drug-likeness (QED) is 0.590. The van der Waals surface area contributed by atoms with Gasteiger partial charge in [0.1, 0.15) is 6.04 Å². The van der Waals surface area contributed by atoms with Crippen molar-refractivity contribution in [2.24, 2.45) is 0 Å². The summed E-state index contributed by atoms with van der Waals surface area (Å²) >= 11 is 0. The Morgan fingerprint density at radius 1 is 1.00 bits per heavy atom. The average molecular weight is 389 g/mol. The molecule has 0 radical (unpaired) electrons.